The lowest BCUT2D eigenvalue weighted by molar-refractivity contribution is 0.264. The Morgan fingerprint density at radius 1 is 1.12 bits per heavy atom. The zero-order valence-corrected chi connectivity index (χ0v) is 9.13. The van der Waals surface area contributed by atoms with Gasteiger partial charge in [0.2, 0.25) is 0 Å². The van der Waals surface area contributed by atoms with Crippen molar-refractivity contribution in [2.45, 2.75) is 25.3 Å². The fraction of sp³-hybridized carbons (Fsp3) is 0.385. The van der Waals surface area contributed by atoms with Gasteiger partial charge in [0.1, 0.15) is 0 Å². The van der Waals surface area contributed by atoms with Crippen LogP contribution in [-0.2, 0) is 0 Å². The summed E-state index contributed by atoms with van der Waals surface area (Å²) in [6, 6.07) is 6.33. The Kier molecular flexibility index (Phi) is 2.33. The molecule has 1 aromatic carbocycles. The summed E-state index contributed by atoms with van der Waals surface area (Å²) in [5.41, 5.74) is 9.31. The highest BCUT2D eigenvalue weighted by Gasteiger charge is 2.25. The Bertz CT molecular complexity index is 505. The van der Waals surface area contributed by atoms with Crippen molar-refractivity contribution in [3.8, 4) is 0 Å². The summed E-state index contributed by atoms with van der Waals surface area (Å²) in [5, 5.41) is 0. The summed E-state index contributed by atoms with van der Waals surface area (Å²) in [5.74, 6) is 0.661. The van der Waals surface area contributed by atoms with Crippen molar-refractivity contribution in [2.75, 3.05) is 0 Å². The Morgan fingerprint density at radius 3 is 2.56 bits per heavy atom. The smallest absolute Gasteiger partial charge is 0.0890 e. The summed E-state index contributed by atoms with van der Waals surface area (Å²) in [7, 11) is 0. The van der Waals surface area contributed by atoms with Crippen LogP contribution in [0.1, 0.15) is 30.9 Å². The third-order valence-corrected chi connectivity index (χ3v) is 3.54. The fourth-order valence-corrected chi connectivity index (χ4v) is 2.26. The van der Waals surface area contributed by atoms with E-state index in [0.717, 1.165) is 11.0 Å². The summed E-state index contributed by atoms with van der Waals surface area (Å²) in [4.78, 5) is 8.57. The molecule has 82 valence electrons. The third-order valence-electron chi connectivity index (χ3n) is 3.54. The van der Waals surface area contributed by atoms with Gasteiger partial charge in [-0.05, 0) is 36.5 Å². The van der Waals surface area contributed by atoms with E-state index < -0.39 is 0 Å². The standard InChI is InChI=1S/C13H15N3/c14-13(9-2-1-3-9)10-4-5-11-12(8-10)16-7-6-15-11/h4-9,13H,1-3,14H2. The molecular weight excluding hydrogens is 198 g/mol. The van der Waals surface area contributed by atoms with E-state index in [9.17, 15) is 0 Å². The Labute approximate surface area is 94.7 Å². The van der Waals surface area contributed by atoms with Crippen LogP contribution in [0, 0.1) is 5.92 Å². The molecule has 16 heavy (non-hydrogen) atoms. The lowest BCUT2D eigenvalue weighted by Crippen LogP contribution is -2.26. The van der Waals surface area contributed by atoms with Crippen LogP contribution < -0.4 is 5.73 Å². The minimum atomic E-state index is 0.167. The van der Waals surface area contributed by atoms with Crippen LogP contribution in [0.15, 0.2) is 30.6 Å². The summed E-state index contributed by atoms with van der Waals surface area (Å²) in [6.07, 6.45) is 7.29. The second-order valence-corrected chi connectivity index (χ2v) is 4.52. The van der Waals surface area contributed by atoms with Gasteiger partial charge in [-0.2, -0.15) is 0 Å². The van der Waals surface area contributed by atoms with Crippen LogP contribution in [0.5, 0.6) is 0 Å². The number of benzene rings is 1. The van der Waals surface area contributed by atoms with Gasteiger partial charge in [0, 0.05) is 18.4 Å². The van der Waals surface area contributed by atoms with Crippen molar-refractivity contribution in [1.82, 2.24) is 9.97 Å². The molecule has 1 aliphatic carbocycles. The van der Waals surface area contributed by atoms with Crippen molar-refractivity contribution in [3.63, 3.8) is 0 Å². The van der Waals surface area contributed by atoms with Crippen LogP contribution in [0.3, 0.4) is 0 Å². The van der Waals surface area contributed by atoms with E-state index in [-0.39, 0.29) is 6.04 Å². The van der Waals surface area contributed by atoms with Gasteiger partial charge >= 0.3 is 0 Å². The second kappa shape index (κ2) is 3.83. The number of aromatic nitrogens is 2. The minimum Gasteiger partial charge on any atom is -0.324 e. The predicted molar refractivity (Wildman–Crippen MR) is 63.8 cm³/mol. The van der Waals surface area contributed by atoms with E-state index >= 15 is 0 Å². The molecule has 0 spiro atoms. The Morgan fingerprint density at radius 2 is 1.88 bits per heavy atom. The second-order valence-electron chi connectivity index (χ2n) is 4.52. The molecule has 0 amide bonds. The molecule has 0 aliphatic heterocycles. The van der Waals surface area contributed by atoms with Crippen LogP contribution in [-0.4, -0.2) is 9.97 Å². The first-order valence-corrected chi connectivity index (χ1v) is 5.81. The molecule has 2 N–H and O–H groups in total. The zero-order valence-electron chi connectivity index (χ0n) is 9.13. The largest absolute Gasteiger partial charge is 0.324 e. The molecule has 1 fully saturated rings. The summed E-state index contributed by atoms with van der Waals surface area (Å²) >= 11 is 0. The van der Waals surface area contributed by atoms with E-state index in [1.807, 2.05) is 6.07 Å². The quantitative estimate of drug-likeness (QED) is 0.833. The van der Waals surface area contributed by atoms with Crippen molar-refractivity contribution < 1.29 is 0 Å². The lowest BCUT2D eigenvalue weighted by atomic mass is 9.77. The molecule has 3 rings (SSSR count). The van der Waals surface area contributed by atoms with Gasteiger partial charge in [-0.1, -0.05) is 12.5 Å². The van der Waals surface area contributed by atoms with Crippen molar-refractivity contribution >= 4 is 11.0 Å². The van der Waals surface area contributed by atoms with Crippen molar-refractivity contribution in [2.24, 2.45) is 11.7 Å². The maximum absolute atomic E-state index is 6.24. The molecule has 1 aromatic heterocycles. The topological polar surface area (TPSA) is 51.8 Å². The maximum atomic E-state index is 6.24. The molecule has 1 aliphatic rings. The number of rotatable bonds is 2. The van der Waals surface area contributed by atoms with Crippen LogP contribution in [0.25, 0.3) is 11.0 Å². The number of nitrogens with zero attached hydrogens (tertiary/aromatic N) is 2. The van der Waals surface area contributed by atoms with Crippen molar-refractivity contribution in [3.05, 3.63) is 36.2 Å². The van der Waals surface area contributed by atoms with Gasteiger partial charge in [0.05, 0.1) is 11.0 Å². The van der Waals surface area contributed by atoms with Gasteiger partial charge in [-0.25, -0.2) is 0 Å². The average Bonchev–Trinajstić information content (AvgIpc) is 2.26. The molecule has 1 atom stereocenters. The summed E-state index contributed by atoms with van der Waals surface area (Å²) in [6.45, 7) is 0. The highest BCUT2D eigenvalue weighted by Crippen LogP contribution is 2.36. The van der Waals surface area contributed by atoms with Crippen LogP contribution >= 0.6 is 0 Å². The van der Waals surface area contributed by atoms with E-state index in [4.69, 9.17) is 5.73 Å². The van der Waals surface area contributed by atoms with E-state index in [1.54, 1.807) is 12.4 Å². The van der Waals surface area contributed by atoms with Crippen LogP contribution in [0.4, 0.5) is 0 Å². The highest BCUT2D eigenvalue weighted by molar-refractivity contribution is 5.74. The minimum absolute atomic E-state index is 0.167. The number of nitrogens with two attached hydrogens (primary N) is 1. The van der Waals surface area contributed by atoms with Gasteiger partial charge < -0.3 is 5.73 Å². The first-order chi connectivity index (χ1) is 7.84. The molecular formula is C13H15N3. The SMILES string of the molecule is NC(c1ccc2nccnc2c1)C1CCC1. The average molecular weight is 213 g/mol. The highest BCUT2D eigenvalue weighted by atomic mass is 14.8. The molecule has 1 saturated carbocycles. The van der Waals surface area contributed by atoms with E-state index in [2.05, 4.69) is 22.1 Å². The normalized spacial score (nSPS) is 18.3. The third kappa shape index (κ3) is 1.57. The fourth-order valence-electron chi connectivity index (χ4n) is 2.26. The number of hydrogen-bond acceptors (Lipinski definition) is 3. The molecule has 1 heterocycles. The first-order valence-electron chi connectivity index (χ1n) is 5.81. The Hall–Kier alpha value is -1.48. The van der Waals surface area contributed by atoms with E-state index in [0.29, 0.717) is 5.92 Å². The van der Waals surface area contributed by atoms with E-state index in [1.165, 1.54) is 24.8 Å². The first kappa shape index (κ1) is 9.73. The molecule has 0 bridgehead atoms. The monoisotopic (exact) mass is 213 g/mol. The predicted octanol–water partition coefficient (Wildman–Crippen LogP) is 2.43. The van der Waals surface area contributed by atoms with Crippen LogP contribution in [0.2, 0.25) is 0 Å². The van der Waals surface area contributed by atoms with Gasteiger partial charge in [-0.15, -0.1) is 0 Å². The molecule has 0 saturated heterocycles. The van der Waals surface area contributed by atoms with Gasteiger partial charge in [-0.3, -0.25) is 9.97 Å². The number of hydrogen-bond donors (Lipinski definition) is 1. The lowest BCUT2D eigenvalue weighted by Gasteiger charge is -2.31. The molecule has 0 radical (unpaired) electrons. The van der Waals surface area contributed by atoms with Gasteiger partial charge in [0.25, 0.3) is 0 Å². The molecule has 3 heteroatoms. The molecule has 1 unspecified atom stereocenters. The Balaban J connectivity index is 1.97. The maximum Gasteiger partial charge on any atom is 0.0890 e. The molecule has 2 aromatic rings. The molecule has 3 nitrogen and oxygen atoms in total. The summed E-state index contributed by atoms with van der Waals surface area (Å²) < 4.78 is 0. The van der Waals surface area contributed by atoms with Gasteiger partial charge in [0.15, 0.2) is 0 Å². The van der Waals surface area contributed by atoms with Crippen molar-refractivity contribution in [1.29, 1.82) is 0 Å². The zero-order chi connectivity index (χ0) is 11.0. The number of fused-ring (bicyclic) bond motifs is 1.